The molecule has 0 aliphatic carbocycles. The predicted molar refractivity (Wildman–Crippen MR) is 85.3 cm³/mol. The molecule has 2 aromatic rings. The fourth-order valence-electron chi connectivity index (χ4n) is 2.19. The summed E-state index contributed by atoms with van der Waals surface area (Å²) in [6, 6.07) is 5.22. The lowest BCUT2D eigenvalue weighted by Gasteiger charge is -2.21. The number of aromatic nitrogens is 2. The van der Waals surface area contributed by atoms with Gasteiger partial charge in [-0.15, -0.1) is 0 Å². The zero-order valence-corrected chi connectivity index (χ0v) is 14.7. The molecule has 1 aromatic carbocycles. The molecule has 0 aliphatic rings. The topological polar surface area (TPSA) is 29.9 Å². The lowest BCUT2D eigenvalue weighted by atomic mass is 10.0. The van der Waals surface area contributed by atoms with Crippen molar-refractivity contribution in [3.8, 4) is 0 Å². The van der Waals surface area contributed by atoms with Crippen LogP contribution in [0.3, 0.4) is 0 Å². The zero-order chi connectivity index (χ0) is 14.9. The maximum absolute atomic E-state index is 13.4. The van der Waals surface area contributed by atoms with Crippen molar-refractivity contribution in [3.05, 3.63) is 50.4 Å². The summed E-state index contributed by atoms with van der Waals surface area (Å²) in [6.45, 7) is 4.16. The zero-order valence-electron chi connectivity index (χ0n) is 11.5. The minimum atomic E-state index is -0.264. The molecular weight excluding hydrogens is 389 g/mol. The van der Waals surface area contributed by atoms with Gasteiger partial charge in [-0.1, -0.05) is 6.07 Å². The van der Waals surface area contributed by atoms with Crippen molar-refractivity contribution in [3.63, 3.8) is 0 Å². The van der Waals surface area contributed by atoms with E-state index in [2.05, 4.69) is 56.1 Å². The molecule has 0 aliphatic heterocycles. The molecule has 6 heteroatoms. The van der Waals surface area contributed by atoms with Crippen molar-refractivity contribution in [1.82, 2.24) is 15.1 Å². The smallest absolute Gasteiger partial charge is 0.137 e. The minimum Gasteiger partial charge on any atom is -0.308 e. The van der Waals surface area contributed by atoms with Gasteiger partial charge in [-0.3, -0.25) is 4.68 Å². The van der Waals surface area contributed by atoms with E-state index >= 15 is 0 Å². The highest BCUT2D eigenvalue weighted by Crippen LogP contribution is 2.31. The van der Waals surface area contributed by atoms with Crippen molar-refractivity contribution in [2.75, 3.05) is 7.05 Å². The van der Waals surface area contributed by atoms with Crippen LogP contribution in [0, 0.1) is 5.82 Å². The molecule has 0 spiro atoms. The van der Waals surface area contributed by atoms with Crippen LogP contribution in [-0.4, -0.2) is 16.8 Å². The molecule has 2 rings (SSSR count). The van der Waals surface area contributed by atoms with E-state index in [1.807, 2.05) is 11.7 Å². The molecule has 0 bridgehead atoms. The summed E-state index contributed by atoms with van der Waals surface area (Å²) < 4.78 is 16.8. The summed E-state index contributed by atoms with van der Waals surface area (Å²) in [5, 5.41) is 7.66. The molecule has 108 valence electrons. The van der Waals surface area contributed by atoms with Gasteiger partial charge in [-0.05, 0) is 70.5 Å². The van der Waals surface area contributed by atoms with E-state index in [4.69, 9.17) is 0 Å². The average molecular weight is 405 g/mol. The van der Waals surface area contributed by atoms with Crippen LogP contribution in [0.4, 0.5) is 4.39 Å². The molecule has 0 fully saturated rings. The van der Waals surface area contributed by atoms with Crippen LogP contribution in [-0.2, 0) is 0 Å². The Labute approximate surface area is 134 Å². The molecule has 3 nitrogen and oxygen atoms in total. The van der Waals surface area contributed by atoms with Gasteiger partial charge in [0, 0.05) is 6.04 Å². The first-order valence-corrected chi connectivity index (χ1v) is 7.89. The fourth-order valence-corrected chi connectivity index (χ4v) is 3.08. The molecular formula is C14H16Br2FN3. The molecule has 1 unspecified atom stereocenters. The lowest BCUT2D eigenvalue weighted by Crippen LogP contribution is -2.23. The van der Waals surface area contributed by atoms with Crippen molar-refractivity contribution < 1.29 is 4.39 Å². The Morgan fingerprint density at radius 1 is 1.25 bits per heavy atom. The van der Waals surface area contributed by atoms with E-state index in [1.165, 1.54) is 6.07 Å². The van der Waals surface area contributed by atoms with E-state index in [-0.39, 0.29) is 17.9 Å². The van der Waals surface area contributed by atoms with Gasteiger partial charge >= 0.3 is 0 Å². The Morgan fingerprint density at radius 3 is 2.50 bits per heavy atom. The second-order valence-corrected chi connectivity index (χ2v) is 6.52. The van der Waals surface area contributed by atoms with Gasteiger partial charge in [0.25, 0.3) is 0 Å². The van der Waals surface area contributed by atoms with Crippen LogP contribution < -0.4 is 5.32 Å². The summed E-state index contributed by atoms with van der Waals surface area (Å²) in [6.07, 6.45) is 1.79. The molecule has 0 amide bonds. The quantitative estimate of drug-likeness (QED) is 0.816. The third-order valence-electron chi connectivity index (χ3n) is 3.12. The van der Waals surface area contributed by atoms with Gasteiger partial charge in [-0.2, -0.15) is 5.10 Å². The molecule has 1 heterocycles. The van der Waals surface area contributed by atoms with Crippen molar-refractivity contribution in [2.45, 2.75) is 25.9 Å². The number of halogens is 3. The first-order valence-electron chi connectivity index (χ1n) is 6.30. The summed E-state index contributed by atoms with van der Waals surface area (Å²) in [4.78, 5) is 0. The molecule has 0 saturated heterocycles. The number of nitrogens with zero attached hydrogens (tertiary/aromatic N) is 2. The maximum atomic E-state index is 13.4. The van der Waals surface area contributed by atoms with Crippen LogP contribution in [0.15, 0.2) is 33.3 Å². The Balaban J connectivity index is 2.52. The molecule has 1 aromatic heterocycles. The van der Waals surface area contributed by atoms with Gasteiger partial charge in [0.2, 0.25) is 0 Å². The van der Waals surface area contributed by atoms with E-state index in [0.717, 1.165) is 15.7 Å². The highest BCUT2D eigenvalue weighted by Gasteiger charge is 2.22. The van der Waals surface area contributed by atoms with Crippen LogP contribution in [0.2, 0.25) is 0 Å². The second kappa shape index (κ2) is 6.37. The Hall–Kier alpha value is -0.720. The number of rotatable bonds is 4. The van der Waals surface area contributed by atoms with Crippen molar-refractivity contribution >= 4 is 31.9 Å². The lowest BCUT2D eigenvalue weighted by molar-refractivity contribution is 0.483. The number of hydrogen-bond acceptors (Lipinski definition) is 2. The standard InChI is InChI=1S/C14H16Br2FN3/c1-8(2)20-14(11(16)7-19-20)13(18-3)9-4-5-12(17)10(15)6-9/h4-8,13,18H,1-3H3. The Kier molecular flexibility index (Phi) is 4.99. The first kappa shape index (κ1) is 15.7. The van der Waals surface area contributed by atoms with Gasteiger partial charge in [0.05, 0.1) is 26.9 Å². The molecule has 20 heavy (non-hydrogen) atoms. The van der Waals surface area contributed by atoms with Crippen LogP contribution in [0.25, 0.3) is 0 Å². The van der Waals surface area contributed by atoms with Gasteiger partial charge in [0.15, 0.2) is 0 Å². The predicted octanol–water partition coefficient (Wildman–Crippen LogP) is 4.44. The molecule has 0 saturated carbocycles. The Bertz CT molecular complexity index is 610. The highest BCUT2D eigenvalue weighted by molar-refractivity contribution is 9.10. The Morgan fingerprint density at radius 2 is 1.95 bits per heavy atom. The first-order chi connectivity index (χ1) is 9.45. The molecule has 0 radical (unpaired) electrons. The number of nitrogens with one attached hydrogen (secondary N) is 1. The van der Waals surface area contributed by atoms with E-state index in [1.54, 1.807) is 18.3 Å². The monoisotopic (exact) mass is 403 g/mol. The van der Waals surface area contributed by atoms with Gasteiger partial charge in [-0.25, -0.2) is 4.39 Å². The van der Waals surface area contributed by atoms with Gasteiger partial charge < -0.3 is 5.32 Å². The largest absolute Gasteiger partial charge is 0.308 e. The van der Waals surface area contributed by atoms with Gasteiger partial charge in [0.1, 0.15) is 5.82 Å². The minimum absolute atomic E-state index is 0.0637. The number of benzene rings is 1. The van der Waals surface area contributed by atoms with E-state index < -0.39 is 0 Å². The third-order valence-corrected chi connectivity index (χ3v) is 4.33. The summed E-state index contributed by atoms with van der Waals surface area (Å²) in [7, 11) is 1.88. The SMILES string of the molecule is CNC(c1ccc(F)c(Br)c1)c1c(Br)cnn1C(C)C. The van der Waals surface area contributed by atoms with E-state index in [9.17, 15) is 4.39 Å². The average Bonchev–Trinajstić information content (AvgIpc) is 2.77. The second-order valence-electron chi connectivity index (χ2n) is 4.81. The van der Waals surface area contributed by atoms with E-state index in [0.29, 0.717) is 4.47 Å². The third kappa shape index (κ3) is 2.97. The summed E-state index contributed by atoms with van der Waals surface area (Å²) in [5.74, 6) is -0.264. The number of hydrogen-bond donors (Lipinski definition) is 1. The summed E-state index contributed by atoms with van der Waals surface area (Å²) >= 11 is 6.78. The van der Waals surface area contributed by atoms with Crippen molar-refractivity contribution in [1.29, 1.82) is 0 Å². The fraction of sp³-hybridized carbons (Fsp3) is 0.357. The highest BCUT2D eigenvalue weighted by atomic mass is 79.9. The maximum Gasteiger partial charge on any atom is 0.137 e. The normalized spacial score (nSPS) is 12.9. The summed E-state index contributed by atoms with van der Waals surface area (Å²) in [5.41, 5.74) is 2.00. The molecule has 1 N–H and O–H groups in total. The van der Waals surface area contributed by atoms with Crippen LogP contribution >= 0.6 is 31.9 Å². The van der Waals surface area contributed by atoms with Crippen LogP contribution in [0.5, 0.6) is 0 Å². The molecule has 1 atom stereocenters. The van der Waals surface area contributed by atoms with Crippen LogP contribution in [0.1, 0.15) is 37.2 Å². The van der Waals surface area contributed by atoms with Crippen molar-refractivity contribution in [2.24, 2.45) is 0 Å².